The molecule has 1 aromatic heterocycles. The summed E-state index contributed by atoms with van der Waals surface area (Å²) in [5.41, 5.74) is 2.73. The van der Waals surface area contributed by atoms with Crippen molar-refractivity contribution in [2.45, 2.75) is 18.1 Å². The minimum Gasteiger partial charge on any atom is -0.497 e. The van der Waals surface area contributed by atoms with Gasteiger partial charge in [0.2, 0.25) is 5.91 Å². The van der Waals surface area contributed by atoms with Crippen molar-refractivity contribution >= 4 is 28.7 Å². The van der Waals surface area contributed by atoms with Crippen molar-refractivity contribution in [3.8, 4) is 11.5 Å². The first-order valence-electron chi connectivity index (χ1n) is 8.19. The van der Waals surface area contributed by atoms with E-state index in [2.05, 4.69) is 15.3 Å². The molecule has 2 aromatic carbocycles. The van der Waals surface area contributed by atoms with Crippen LogP contribution in [0.1, 0.15) is 18.5 Å². The molecule has 6 nitrogen and oxygen atoms in total. The number of para-hydroxylation sites is 2. The van der Waals surface area contributed by atoms with Gasteiger partial charge in [-0.2, -0.15) is 0 Å². The molecule has 1 amide bonds. The lowest BCUT2D eigenvalue weighted by Gasteiger charge is -2.18. The van der Waals surface area contributed by atoms with Gasteiger partial charge in [0.25, 0.3) is 0 Å². The number of fused-ring (bicyclic) bond motifs is 1. The molecule has 0 unspecified atom stereocenters. The third-order valence-electron chi connectivity index (χ3n) is 3.99. The molecule has 3 aromatic rings. The Balaban J connectivity index is 1.62. The molecule has 7 heteroatoms. The highest BCUT2D eigenvalue weighted by Gasteiger charge is 2.16. The van der Waals surface area contributed by atoms with Crippen LogP contribution in [0, 0.1) is 0 Å². The number of methoxy groups -OCH3 is 2. The average molecular weight is 371 g/mol. The van der Waals surface area contributed by atoms with Crippen molar-refractivity contribution in [1.82, 2.24) is 15.3 Å². The molecule has 0 saturated heterocycles. The van der Waals surface area contributed by atoms with Crippen LogP contribution in [0.3, 0.4) is 0 Å². The fourth-order valence-electron chi connectivity index (χ4n) is 2.67. The highest BCUT2D eigenvalue weighted by Crippen LogP contribution is 2.29. The number of nitrogens with zero attached hydrogens (tertiary/aromatic N) is 1. The molecular formula is C19H21N3O3S. The second-order valence-corrected chi connectivity index (χ2v) is 6.71. The van der Waals surface area contributed by atoms with E-state index in [1.807, 2.05) is 49.4 Å². The molecular weight excluding hydrogens is 350 g/mol. The highest BCUT2D eigenvalue weighted by atomic mass is 32.2. The van der Waals surface area contributed by atoms with Gasteiger partial charge >= 0.3 is 0 Å². The summed E-state index contributed by atoms with van der Waals surface area (Å²) in [6.07, 6.45) is 0. The highest BCUT2D eigenvalue weighted by molar-refractivity contribution is 7.99. The largest absolute Gasteiger partial charge is 0.497 e. The third kappa shape index (κ3) is 4.11. The summed E-state index contributed by atoms with van der Waals surface area (Å²) in [6.45, 7) is 1.92. The number of rotatable bonds is 7. The maximum absolute atomic E-state index is 12.3. The summed E-state index contributed by atoms with van der Waals surface area (Å²) in [6, 6.07) is 13.1. The van der Waals surface area contributed by atoms with Crippen molar-refractivity contribution in [3.05, 3.63) is 48.0 Å². The lowest BCUT2D eigenvalue weighted by Crippen LogP contribution is -2.28. The smallest absolute Gasteiger partial charge is 0.230 e. The normalized spacial score (nSPS) is 12.0. The molecule has 3 rings (SSSR count). The van der Waals surface area contributed by atoms with Gasteiger partial charge in [0.1, 0.15) is 11.5 Å². The van der Waals surface area contributed by atoms with E-state index in [4.69, 9.17) is 9.47 Å². The zero-order chi connectivity index (χ0) is 18.5. The number of aromatic amines is 1. The van der Waals surface area contributed by atoms with Gasteiger partial charge in [-0.15, -0.1) is 0 Å². The van der Waals surface area contributed by atoms with Gasteiger partial charge in [-0.3, -0.25) is 4.79 Å². The fourth-order valence-corrected chi connectivity index (χ4v) is 3.37. The first-order chi connectivity index (χ1) is 12.6. The van der Waals surface area contributed by atoms with Gasteiger partial charge in [0.05, 0.1) is 37.0 Å². The van der Waals surface area contributed by atoms with Gasteiger partial charge in [0.15, 0.2) is 5.16 Å². The number of benzene rings is 2. The van der Waals surface area contributed by atoms with Gasteiger partial charge in [-0.05, 0) is 37.3 Å². The van der Waals surface area contributed by atoms with Gasteiger partial charge in [0, 0.05) is 5.56 Å². The number of nitrogens with one attached hydrogen (secondary N) is 2. The van der Waals surface area contributed by atoms with Crippen LogP contribution in [0.15, 0.2) is 47.6 Å². The zero-order valence-corrected chi connectivity index (χ0v) is 15.7. The topological polar surface area (TPSA) is 76.2 Å². The van der Waals surface area contributed by atoms with Crippen LogP contribution < -0.4 is 14.8 Å². The van der Waals surface area contributed by atoms with Crippen LogP contribution in [0.2, 0.25) is 0 Å². The molecule has 0 fully saturated rings. The lowest BCUT2D eigenvalue weighted by atomic mass is 10.1. The monoisotopic (exact) mass is 371 g/mol. The van der Waals surface area contributed by atoms with Crippen molar-refractivity contribution in [3.63, 3.8) is 0 Å². The quantitative estimate of drug-likeness (QED) is 0.621. The Hall–Kier alpha value is -2.67. The number of thioether (sulfide) groups is 1. The van der Waals surface area contributed by atoms with Crippen LogP contribution >= 0.6 is 11.8 Å². The molecule has 2 N–H and O–H groups in total. The molecule has 1 atom stereocenters. The fraction of sp³-hybridized carbons (Fsp3) is 0.263. The van der Waals surface area contributed by atoms with E-state index in [1.165, 1.54) is 11.8 Å². The average Bonchev–Trinajstić information content (AvgIpc) is 3.08. The Kier molecular flexibility index (Phi) is 5.68. The maximum atomic E-state index is 12.3. The second kappa shape index (κ2) is 8.14. The van der Waals surface area contributed by atoms with E-state index in [9.17, 15) is 4.79 Å². The molecule has 0 radical (unpaired) electrons. The lowest BCUT2D eigenvalue weighted by molar-refractivity contribution is -0.119. The Bertz CT molecular complexity index is 877. The number of imidazole rings is 1. The molecule has 1 heterocycles. The summed E-state index contributed by atoms with van der Waals surface area (Å²) in [5, 5.41) is 3.72. The maximum Gasteiger partial charge on any atom is 0.230 e. The summed E-state index contributed by atoms with van der Waals surface area (Å²) < 4.78 is 10.6. The van der Waals surface area contributed by atoms with Crippen molar-refractivity contribution in [2.75, 3.05) is 20.0 Å². The predicted molar refractivity (Wildman–Crippen MR) is 103 cm³/mol. The molecule has 0 aliphatic carbocycles. The van der Waals surface area contributed by atoms with E-state index < -0.39 is 0 Å². The molecule has 0 spiro atoms. The molecule has 0 saturated carbocycles. The number of ether oxygens (including phenoxy) is 2. The Labute approximate surface area is 156 Å². The molecule has 0 bridgehead atoms. The van der Waals surface area contributed by atoms with Crippen molar-refractivity contribution in [1.29, 1.82) is 0 Å². The van der Waals surface area contributed by atoms with Gasteiger partial charge < -0.3 is 19.8 Å². The van der Waals surface area contributed by atoms with Crippen molar-refractivity contribution in [2.24, 2.45) is 0 Å². The zero-order valence-electron chi connectivity index (χ0n) is 14.9. The number of carbonyl (C=O) groups excluding carboxylic acids is 1. The SMILES string of the molecule is COc1ccc(OC)c([C@@H](C)NC(=O)CSc2nc3ccccc3[nH]2)c1. The van der Waals surface area contributed by atoms with Crippen LogP contribution in [-0.2, 0) is 4.79 Å². The minimum absolute atomic E-state index is 0.0761. The molecule has 26 heavy (non-hydrogen) atoms. The second-order valence-electron chi connectivity index (χ2n) is 5.74. The predicted octanol–water partition coefficient (Wildman–Crippen LogP) is 3.55. The van der Waals surface area contributed by atoms with Crippen LogP contribution in [0.25, 0.3) is 11.0 Å². The number of hydrogen-bond acceptors (Lipinski definition) is 5. The Morgan fingerprint density at radius 3 is 2.77 bits per heavy atom. The number of hydrogen-bond donors (Lipinski definition) is 2. The standard InChI is InChI=1S/C19H21N3O3S/c1-12(14-10-13(24-2)8-9-17(14)25-3)20-18(23)11-26-19-21-15-6-4-5-7-16(15)22-19/h4-10,12H,11H2,1-3H3,(H,20,23)(H,21,22)/t12-/m1/s1. The Morgan fingerprint density at radius 1 is 1.23 bits per heavy atom. The van der Waals surface area contributed by atoms with Crippen LogP contribution in [0.4, 0.5) is 0 Å². The number of H-pyrrole nitrogens is 1. The first kappa shape index (κ1) is 18.1. The van der Waals surface area contributed by atoms with Crippen LogP contribution in [0.5, 0.6) is 11.5 Å². The van der Waals surface area contributed by atoms with E-state index in [-0.39, 0.29) is 17.7 Å². The summed E-state index contributed by atoms with van der Waals surface area (Å²) >= 11 is 1.37. The Morgan fingerprint density at radius 2 is 2.04 bits per heavy atom. The summed E-state index contributed by atoms with van der Waals surface area (Å²) in [5.74, 6) is 1.63. The van der Waals surface area contributed by atoms with Gasteiger partial charge in [-0.25, -0.2) is 4.98 Å². The van der Waals surface area contributed by atoms with E-state index >= 15 is 0 Å². The van der Waals surface area contributed by atoms with Crippen LogP contribution in [-0.4, -0.2) is 35.8 Å². The van der Waals surface area contributed by atoms with E-state index in [0.717, 1.165) is 27.5 Å². The molecule has 136 valence electrons. The van der Waals surface area contributed by atoms with Gasteiger partial charge in [-0.1, -0.05) is 23.9 Å². The minimum atomic E-state index is -0.205. The summed E-state index contributed by atoms with van der Waals surface area (Å²) in [7, 11) is 3.22. The van der Waals surface area contributed by atoms with Crippen molar-refractivity contribution < 1.29 is 14.3 Å². The number of aromatic nitrogens is 2. The molecule has 0 aliphatic rings. The summed E-state index contributed by atoms with van der Waals surface area (Å²) in [4.78, 5) is 20.0. The molecule has 0 aliphatic heterocycles. The number of amides is 1. The van der Waals surface area contributed by atoms with E-state index in [0.29, 0.717) is 5.75 Å². The van der Waals surface area contributed by atoms with E-state index in [1.54, 1.807) is 14.2 Å². The number of carbonyl (C=O) groups is 1. The first-order valence-corrected chi connectivity index (χ1v) is 9.18. The third-order valence-corrected chi connectivity index (χ3v) is 4.86.